The highest BCUT2D eigenvalue weighted by Crippen LogP contribution is 2.26. The molecule has 0 aliphatic carbocycles. The third kappa shape index (κ3) is 2.72. The highest BCUT2D eigenvalue weighted by Gasteiger charge is 2.13. The lowest BCUT2D eigenvalue weighted by Gasteiger charge is -2.08. The molecule has 0 bridgehead atoms. The SMILES string of the molecule is Cc1ccc2oc(C(N)Cc3cccc(Cl)c3)cc2c1. The molecule has 0 saturated heterocycles. The lowest BCUT2D eigenvalue weighted by Crippen LogP contribution is -2.12. The van der Waals surface area contributed by atoms with E-state index in [1.54, 1.807) is 0 Å². The molecule has 2 N–H and O–H groups in total. The van der Waals surface area contributed by atoms with Crippen molar-refractivity contribution in [3.05, 3.63) is 70.4 Å². The monoisotopic (exact) mass is 285 g/mol. The molecule has 3 rings (SSSR count). The van der Waals surface area contributed by atoms with Crippen LogP contribution >= 0.6 is 11.6 Å². The molecule has 0 saturated carbocycles. The highest BCUT2D eigenvalue weighted by atomic mass is 35.5. The maximum Gasteiger partial charge on any atom is 0.134 e. The Bertz CT molecular complexity index is 748. The second-order valence-electron chi connectivity index (χ2n) is 5.13. The van der Waals surface area contributed by atoms with Gasteiger partial charge in [0.25, 0.3) is 0 Å². The van der Waals surface area contributed by atoms with Gasteiger partial charge in [0.15, 0.2) is 0 Å². The number of aryl methyl sites for hydroxylation is 1. The summed E-state index contributed by atoms with van der Waals surface area (Å²) in [6.45, 7) is 2.07. The third-order valence-corrected chi connectivity index (χ3v) is 3.64. The van der Waals surface area contributed by atoms with E-state index in [1.807, 2.05) is 42.5 Å². The number of hydrogen-bond acceptors (Lipinski definition) is 2. The zero-order valence-corrected chi connectivity index (χ0v) is 12.0. The van der Waals surface area contributed by atoms with Gasteiger partial charge in [-0.1, -0.05) is 35.4 Å². The van der Waals surface area contributed by atoms with Gasteiger partial charge in [-0.25, -0.2) is 0 Å². The molecule has 0 spiro atoms. The van der Waals surface area contributed by atoms with Crippen molar-refractivity contribution in [3.8, 4) is 0 Å². The predicted octanol–water partition coefficient (Wildman–Crippen LogP) is 4.64. The summed E-state index contributed by atoms with van der Waals surface area (Å²) >= 11 is 5.99. The van der Waals surface area contributed by atoms with Crippen molar-refractivity contribution in [1.82, 2.24) is 0 Å². The Hall–Kier alpha value is -1.77. The molecule has 20 heavy (non-hydrogen) atoms. The number of fused-ring (bicyclic) bond motifs is 1. The smallest absolute Gasteiger partial charge is 0.134 e. The minimum absolute atomic E-state index is 0.166. The number of nitrogens with two attached hydrogens (primary N) is 1. The van der Waals surface area contributed by atoms with Crippen LogP contribution in [0.15, 0.2) is 52.9 Å². The number of benzene rings is 2. The van der Waals surface area contributed by atoms with Crippen molar-refractivity contribution in [2.45, 2.75) is 19.4 Å². The summed E-state index contributed by atoms with van der Waals surface area (Å²) in [5, 5.41) is 1.83. The van der Waals surface area contributed by atoms with Crippen LogP contribution in [0.4, 0.5) is 0 Å². The van der Waals surface area contributed by atoms with Crippen molar-refractivity contribution >= 4 is 22.6 Å². The number of rotatable bonds is 3. The Balaban J connectivity index is 1.86. The van der Waals surface area contributed by atoms with E-state index in [9.17, 15) is 0 Å². The van der Waals surface area contributed by atoms with Crippen LogP contribution in [0, 0.1) is 6.92 Å². The first-order chi connectivity index (χ1) is 9.61. The van der Waals surface area contributed by atoms with E-state index in [-0.39, 0.29) is 6.04 Å². The average molecular weight is 286 g/mol. The van der Waals surface area contributed by atoms with Gasteiger partial charge < -0.3 is 10.2 Å². The molecule has 2 aromatic carbocycles. The van der Waals surface area contributed by atoms with Crippen LogP contribution in [-0.2, 0) is 6.42 Å². The van der Waals surface area contributed by atoms with E-state index in [0.29, 0.717) is 6.42 Å². The van der Waals surface area contributed by atoms with E-state index in [2.05, 4.69) is 13.0 Å². The van der Waals surface area contributed by atoms with E-state index in [4.69, 9.17) is 21.8 Å². The predicted molar refractivity (Wildman–Crippen MR) is 83.0 cm³/mol. The Kier molecular flexibility index (Phi) is 3.51. The molecule has 3 heteroatoms. The van der Waals surface area contributed by atoms with Gasteiger partial charge in [-0.3, -0.25) is 0 Å². The van der Waals surface area contributed by atoms with Crippen molar-refractivity contribution < 1.29 is 4.42 Å². The van der Waals surface area contributed by atoms with Crippen molar-refractivity contribution in [2.24, 2.45) is 5.73 Å². The summed E-state index contributed by atoms with van der Waals surface area (Å²) in [7, 11) is 0. The number of furan rings is 1. The van der Waals surface area contributed by atoms with Gasteiger partial charge in [0, 0.05) is 10.4 Å². The topological polar surface area (TPSA) is 39.2 Å². The number of halogens is 1. The van der Waals surface area contributed by atoms with Crippen LogP contribution in [0.3, 0.4) is 0 Å². The van der Waals surface area contributed by atoms with Gasteiger partial charge >= 0.3 is 0 Å². The first-order valence-electron chi connectivity index (χ1n) is 6.62. The van der Waals surface area contributed by atoms with Crippen molar-refractivity contribution in [3.63, 3.8) is 0 Å². The van der Waals surface area contributed by atoms with E-state index in [1.165, 1.54) is 5.56 Å². The first kappa shape index (κ1) is 13.2. The molecule has 102 valence electrons. The second kappa shape index (κ2) is 5.31. The summed E-state index contributed by atoms with van der Waals surface area (Å²) < 4.78 is 5.83. The number of hydrogen-bond donors (Lipinski definition) is 1. The van der Waals surface area contributed by atoms with Crippen LogP contribution in [-0.4, -0.2) is 0 Å². The Morgan fingerprint density at radius 2 is 2.00 bits per heavy atom. The zero-order chi connectivity index (χ0) is 14.1. The molecule has 0 aliphatic heterocycles. The molecular formula is C17H16ClNO. The molecule has 1 aromatic heterocycles. The van der Waals surface area contributed by atoms with Gasteiger partial charge in [0.05, 0.1) is 6.04 Å². The fourth-order valence-corrected chi connectivity index (χ4v) is 2.60. The van der Waals surface area contributed by atoms with E-state index < -0.39 is 0 Å². The average Bonchev–Trinajstić information content (AvgIpc) is 2.81. The molecule has 2 nitrogen and oxygen atoms in total. The lowest BCUT2D eigenvalue weighted by atomic mass is 10.0. The Morgan fingerprint density at radius 3 is 2.80 bits per heavy atom. The zero-order valence-electron chi connectivity index (χ0n) is 11.3. The highest BCUT2D eigenvalue weighted by molar-refractivity contribution is 6.30. The maximum absolute atomic E-state index is 6.24. The lowest BCUT2D eigenvalue weighted by molar-refractivity contribution is 0.494. The third-order valence-electron chi connectivity index (χ3n) is 3.40. The fraction of sp³-hybridized carbons (Fsp3) is 0.176. The van der Waals surface area contributed by atoms with E-state index in [0.717, 1.165) is 27.3 Å². The summed E-state index contributed by atoms with van der Waals surface area (Å²) in [5.74, 6) is 0.811. The summed E-state index contributed by atoms with van der Waals surface area (Å²) in [4.78, 5) is 0. The maximum atomic E-state index is 6.24. The standard InChI is InChI=1S/C17H16ClNO/c1-11-5-6-16-13(7-11)10-17(20-16)15(19)9-12-3-2-4-14(18)8-12/h2-8,10,15H,9,19H2,1H3. The van der Waals surface area contributed by atoms with Crippen LogP contribution < -0.4 is 5.73 Å². The van der Waals surface area contributed by atoms with E-state index >= 15 is 0 Å². The van der Waals surface area contributed by atoms with Crippen molar-refractivity contribution in [1.29, 1.82) is 0 Å². The Morgan fingerprint density at radius 1 is 1.15 bits per heavy atom. The van der Waals surface area contributed by atoms with Gasteiger partial charge in [0.1, 0.15) is 11.3 Å². The van der Waals surface area contributed by atoms with Crippen LogP contribution in [0.2, 0.25) is 5.02 Å². The first-order valence-corrected chi connectivity index (χ1v) is 7.00. The molecule has 0 fully saturated rings. The summed E-state index contributed by atoms with van der Waals surface area (Å²) in [6.07, 6.45) is 0.708. The molecule has 1 heterocycles. The molecule has 0 radical (unpaired) electrons. The van der Waals surface area contributed by atoms with Gasteiger partial charge in [-0.15, -0.1) is 0 Å². The quantitative estimate of drug-likeness (QED) is 0.761. The molecule has 0 amide bonds. The van der Waals surface area contributed by atoms with Gasteiger partial charge in [-0.05, 0) is 49.2 Å². The van der Waals surface area contributed by atoms with Crippen LogP contribution in [0.1, 0.15) is 22.9 Å². The Labute approximate surface area is 123 Å². The molecule has 3 aromatic rings. The normalized spacial score (nSPS) is 12.8. The molecule has 1 unspecified atom stereocenters. The van der Waals surface area contributed by atoms with Gasteiger partial charge in [-0.2, -0.15) is 0 Å². The van der Waals surface area contributed by atoms with Gasteiger partial charge in [0.2, 0.25) is 0 Å². The van der Waals surface area contributed by atoms with Crippen LogP contribution in [0.25, 0.3) is 11.0 Å². The molecular weight excluding hydrogens is 270 g/mol. The van der Waals surface area contributed by atoms with Crippen LogP contribution in [0.5, 0.6) is 0 Å². The van der Waals surface area contributed by atoms with Crippen molar-refractivity contribution in [2.75, 3.05) is 0 Å². The molecule has 1 atom stereocenters. The fourth-order valence-electron chi connectivity index (χ4n) is 2.38. The minimum atomic E-state index is -0.166. The second-order valence-corrected chi connectivity index (χ2v) is 5.57. The molecule has 0 aliphatic rings. The summed E-state index contributed by atoms with van der Waals surface area (Å²) in [6, 6.07) is 15.8. The minimum Gasteiger partial charge on any atom is -0.459 e. The summed E-state index contributed by atoms with van der Waals surface area (Å²) in [5.41, 5.74) is 9.45. The largest absolute Gasteiger partial charge is 0.459 e.